The van der Waals surface area contributed by atoms with Crippen LogP contribution >= 0.6 is 11.3 Å². The number of thiazole rings is 1. The van der Waals surface area contributed by atoms with E-state index in [4.69, 9.17) is 4.42 Å². The van der Waals surface area contributed by atoms with Gasteiger partial charge in [0.2, 0.25) is 5.91 Å². The highest BCUT2D eigenvalue weighted by Crippen LogP contribution is 2.21. The van der Waals surface area contributed by atoms with Crippen LogP contribution in [0.5, 0.6) is 0 Å². The molecule has 0 saturated carbocycles. The predicted octanol–water partition coefficient (Wildman–Crippen LogP) is 2.24. The number of carbonyl (C=O) groups excluding carboxylic acids is 1. The van der Waals surface area contributed by atoms with Gasteiger partial charge in [0, 0.05) is 4.88 Å². The van der Waals surface area contributed by atoms with Gasteiger partial charge in [-0.05, 0) is 20.8 Å². The highest BCUT2D eigenvalue weighted by molar-refractivity contribution is 7.15. The number of oxazole rings is 1. The molecule has 0 atom stereocenters. The fraction of sp³-hybridized carbons (Fsp3) is 0.364. The summed E-state index contributed by atoms with van der Waals surface area (Å²) in [6.45, 7) is 5.70. The molecule has 0 aliphatic carbocycles. The minimum Gasteiger partial charge on any atom is -0.448 e. The van der Waals surface area contributed by atoms with Crippen LogP contribution in [0.1, 0.15) is 22.0 Å². The monoisotopic (exact) mass is 251 g/mol. The van der Waals surface area contributed by atoms with Crippen molar-refractivity contribution in [2.24, 2.45) is 0 Å². The zero-order chi connectivity index (χ0) is 12.4. The summed E-state index contributed by atoms with van der Waals surface area (Å²) in [7, 11) is 0. The van der Waals surface area contributed by atoms with Crippen LogP contribution < -0.4 is 5.32 Å². The summed E-state index contributed by atoms with van der Waals surface area (Å²) >= 11 is 1.47. The number of amides is 1. The van der Waals surface area contributed by atoms with Crippen molar-refractivity contribution in [2.75, 3.05) is 5.32 Å². The first-order chi connectivity index (χ1) is 8.06. The molecule has 2 heterocycles. The normalized spacial score (nSPS) is 10.5. The number of rotatable bonds is 3. The van der Waals surface area contributed by atoms with Gasteiger partial charge in [-0.2, -0.15) is 0 Å². The first-order valence-electron chi connectivity index (χ1n) is 5.19. The molecule has 0 aliphatic heterocycles. The Morgan fingerprint density at radius 2 is 2.18 bits per heavy atom. The van der Waals surface area contributed by atoms with Crippen molar-refractivity contribution in [3.05, 3.63) is 28.4 Å². The lowest BCUT2D eigenvalue weighted by atomic mass is 10.3. The van der Waals surface area contributed by atoms with E-state index in [-0.39, 0.29) is 12.3 Å². The third-order valence-electron chi connectivity index (χ3n) is 2.44. The van der Waals surface area contributed by atoms with E-state index in [1.807, 2.05) is 20.8 Å². The molecule has 0 saturated heterocycles. The second kappa shape index (κ2) is 4.67. The van der Waals surface area contributed by atoms with E-state index >= 15 is 0 Å². The second-order valence-corrected chi connectivity index (χ2v) is 4.95. The SMILES string of the molecule is Cc1ncoc1CC(=O)Nc1nc(C)c(C)s1. The molecule has 0 aliphatic rings. The highest BCUT2D eigenvalue weighted by Gasteiger charge is 2.12. The van der Waals surface area contributed by atoms with Crippen LogP contribution in [0.2, 0.25) is 0 Å². The van der Waals surface area contributed by atoms with Gasteiger partial charge in [0.05, 0.1) is 17.8 Å². The van der Waals surface area contributed by atoms with Crippen LogP contribution in [-0.2, 0) is 11.2 Å². The maximum absolute atomic E-state index is 11.7. The molecule has 17 heavy (non-hydrogen) atoms. The third kappa shape index (κ3) is 2.71. The first-order valence-corrected chi connectivity index (χ1v) is 6.00. The Bertz CT molecular complexity index is 525. The molecular weight excluding hydrogens is 238 g/mol. The summed E-state index contributed by atoms with van der Waals surface area (Å²) in [5.74, 6) is 0.450. The second-order valence-electron chi connectivity index (χ2n) is 3.75. The molecule has 0 aromatic carbocycles. The number of hydrogen-bond acceptors (Lipinski definition) is 5. The minimum atomic E-state index is -0.140. The van der Waals surface area contributed by atoms with E-state index in [0.717, 1.165) is 16.3 Å². The fourth-order valence-electron chi connectivity index (χ4n) is 1.33. The number of aryl methyl sites for hydroxylation is 3. The molecule has 0 bridgehead atoms. The van der Waals surface area contributed by atoms with E-state index in [1.165, 1.54) is 17.7 Å². The number of carbonyl (C=O) groups is 1. The van der Waals surface area contributed by atoms with E-state index in [9.17, 15) is 4.79 Å². The van der Waals surface area contributed by atoms with E-state index < -0.39 is 0 Å². The molecular formula is C11H13N3O2S. The van der Waals surface area contributed by atoms with Crippen LogP contribution in [0.4, 0.5) is 5.13 Å². The Labute approximate surface area is 103 Å². The topological polar surface area (TPSA) is 68.0 Å². The summed E-state index contributed by atoms with van der Waals surface area (Å²) in [4.78, 5) is 21.0. The number of hydrogen-bond donors (Lipinski definition) is 1. The van der Waals surface area contributed by atoms with Crippen molar-refractivity contribution in [1.82, 2.24) is 9.97 Å². The van der Waals surface area contributed by atoms with Gasteiger partial charge in [0.1, 0.15) is 5.76 Å². The molecule has 90 valence electrons. The zero-order valence-corrected chi connectivity index (χ0v) is 10.7. The standard InChI is InChI=1S/C11H13N3O2S/c1-6-8(3)17-11(13-6)14-10(15)4-9-7(2)12-5-16-9/h5H,4H2,1-3H3,(H,13,14,15). The van der Waals surface area contributed by atoms with Crippen molar-refractivity contribution in [1.29, 1.82) is 0 Å². The maximum atomic E-state index is 11.7. The highest BCUT2D eigenvalue weighted by atomic mass is 32.1. The van der Waals surface area contributed by atoms with E-state index in [2.05, 4.69) is 15.3 Å². The van der Waals surface area contributed by atoms with Crippen molar-refractivity contribution in [2.45, 2.75) is 27.2 Å². The Kier molecular flexibility index (Phi) is 3.23. The van der Waals surface area contributed by atoms with Crippen LogP contribution in [0, 0.1) is 20.8 Å². The van der Waals surface area contributed by atoms with Crippen LogP contribution in [-0.4, -0.2) is 15.9 Å². The van der Waals surface area contributed by atoms with Crippen molar-refractivity contribution >= 4 is 22.4 Å². The fourth-order valence-corrected chi connectivity index (χ4v) is 2.16. The summed E-state index contributed by atoms with van der Waals surface area (Å²) in [5.41, 5.74) is 1.69. The maximum Gasteiger partial charge on any atom is 0.233 e. The molecule has 5 nitrogen and oxygen atoms in total. The van der Waals surface area contributed by atoms with E-state index in [1.54, 1.807) is 0 Å². The quantitative estimate of drug-likeness (QED) is 0.908. The van der Waals surface area contributed by atoms with Crippen molar-refractivity contribution in [3.8, 4) is 0 Å². The largest absolute Gasteiger partial charge is 0.448 e. The smallest absolute Gasteiger partial charge is 0.233 e. The molecule has 0 fully saturated rings. The van der Waals surface area contributed by atoms with Gasteiger partial charge in [-0.1, -0.05) is 0 Å². The lowest BCUT2D eigenvalue weighted by Crippen LogP contribution is -2.14. The average Bonchev–Trinajstić information content (AvgIpc) is 2.76. The molecule has 2 aromatic heterocycles. The Morgan fingerprint density at radius 1 is 1.41 bits per heavy atom. The number of nitrogens with zero attached hydrogens (tertiary/aromatic N) is 2. The molecule has 1 N–H and O–H groups in total. The van der Waals surface area contributed by atoms with Gasteiger partial charge in [0.15, 0.2) is 11.5 Å². The minimum absolute atomic E-state index is 0.140. The molecule has 0 unspecified atom stereocenters. The number of aromatic nitrogens is 2. The summed E-state index contributed by atoms with van der Waals surface area (Å²) in [6, 6.07) is 0. The van der Waals surface area contributed by atoms with Crippen molar-refractivity contribution < 1.29 is 9.21 Å². The summed E-state index contributed by atoms with van der Waals surface area (Å²) < 4.78 is 5.11. The average molecular weight is 251 g/mol. The number of nitrogens with one attached hydrogen (secondary N) is 1. The molecule has 0 spiro atoms. The molecule has 1 amide bonds. The molecule has 2 aromatic rings. The van der Waals surface area contributed by atoms with Crippen LogP contribution in [0.25, 0.3) is 0 Å². The summed E-state index contributed by atoms with van der Waals surface area (Å²) in [5, 5.41) is 3.38. The Hall–Kier alpha value is -1.69. The van der Waals surface area contributed by atoms with E-state index in [0.29, 0.717) is 10.9 Å². The lowest BCUT2D eigenvalue weighted by molar-refractivity contribution is -0.115. The van der Waals surface area contributed by atoms with Gasteiger partial charge >= 0.3 is 0 Å². The van der Waals surface area contributed by atoms with Crippen LogP contribution in [0.3, 0.4) is 0 Å². The van der Waals surface area contributed by atoms with Gasteiger partial charge in [-0.15, -0.1) is 11.3 Å². The van der Waals surface area contributed by atoms with Gasteiger partial charge in [-0.3, -0.25) is 4.79 Å². The molecule has 2 rings (SSSR count). The molecule has 0 radical (unpaired) electrons. The Balaban J connectivity index is 2.00. The predicted molar refractivity (Wildman–Crippen MR) is 65.2 cm³/mol. The number of anilines is 1. The van der Waals surface area contributed by atoms with Gasteiger partial charge in [0.25, 0.3) is 0 Å². The van der Waals surface area contributed by atoms with Gasteiger partial charge < -0.3 is 9.73 Å². The Morgan fingerprint density at radius 3 is 2.71 bits per heavy atom. The lowest BCUT2D eigenvalue weighted by Gasteiger charge is -1.99. The first kappa shape index (κ1) is 11.8. The van der Waals surface area contributed by atoms with Gasteiger partial charge in [-0.25, -0.2) is 9.97 Å². The molecule has 6 heteroatoms. The van der Waals surface area contributed by atoms with Crippen molar-refractivity contribution in [3.63, 3.8) is 0 Å². The zero-order valence-electron chi connectivity index (χ0n) is 9.90. The third-order valence-corrected chi connectivity index (χ3v) is 3.43. The summed E-state index contributed by atoms with van der Waals surface area (Å²) in [6.07, 6.45) is 1.53. The van der Waals surface area contributed by atoms with Crippen LogP contribution in [0.15, 0.2) is 10.8 Å².